The molecule has 0 saturated heterocycles. The zero-order valence-corrected chi connectivity index (χ0v) is 10.4. The molecule has 1 aromatic carbocycles. The van der Waals surface area contributed by atoms with E-state index in [9.17, 15) is 0 Å². The maximum atomic E-state index is 6.30. The predicted octanol–water partition coefficient (Wildman–Crippen LogP) is 3.69. The molecule has 1 aliphatic rings. The van der Waals surface area contributed by atoms with E-state index in [1.165, 1.54) is 36.8 Å². The van der Waals surface area contributed by atoms with Crippen molar-refractivity contribution in [3.8, 4) is 0 Å². The molecule has 1 fully saturated rings. The summed E-state index contributed by atoms with van der Waals surface area (Å²) in [6.45, 7) is 4.51. The second-order valence-corrected chi connectivity index (χ2v) is 5.21. The molecule has 1 nitrogen and oxygen atoms in total. The van der Waals surface area contributed by atoms with Crippen LogP contribution in [0.2, 0.25) is 0 Å². The summed E-state index contributed by atoms with van der Waals surface area (Å²) in [6.07, 6.45) is 5.14. The van der Waals surface area contributed by atoms with E-state index in [4.69, 9.17) is 5.73 Å². The first-order chi connectivity index (χ1) is 7.72. The summed E-state index contributed by atoms with van der Waals surface area (Å²) >= 11 is 0. The third kappa shape index (κ3) is 2.65. The Hall–Kier alpha value is -0.820. The molecule has 16 heavy (non-hydrogen) atoms. The molecule has 88 valence electrons. The summed E-state index contributed by atoms with van der Waals surface area (Å²) in [6, 6.07) is 9.13. The van der Waals surface area contributed by atoms with Gasteiger partial charge in [-0.2, -0.15) is 0 Å². The first kappa shape index (κ1) is 11.7. The second-order valence-electron chi connectivity index (χ2n) is 5.21. The summed E-state index contributed by atoms with van der Waals surface area (Å²) in [5.74, 6) is 1.52. The molecule has 1 saturated carbocycles. The van der Waals surface area contributed by atoms with Gasteiger partial charge in [-0.15, -0.1) is 0 Å². The number of hydrogen-bond acceptors (Lipinski definition) is 1. The smallest absolute Gasteiger partial charge is 0.0323 e. The van der Waals surface area contributed by atoms with E-state index in [0.717, 1.165) is 5.92 Å². The Balaban J connectivity index is 2.02. The fourth-order valence-electron chi connectivity index (χ4n) is 2.41. The van der Waals surface area contributed by atoms with Crippen LogP contribution >= 0.6 is 0 Å². The van der Waals surface area contributed by atoms with E-state index in [-0.39, 0.29) is 6.04 Å². The molecule has 0 spiro atoms. The molecule has 2 unspecified atom stereocenters. The SMILES string of the molecule is CCCc1ccc(C(N)C(C)C2CC2)cc1. The minimum absolute atomic E-state index is 0.225. The molecular formula is C15H23N. The lowest BCUT2D eigenvalue weighted by Gasteiger charge is -2.20. The van der Waals surface area contributed by atoms with Crippen LogP contribution in [0.25, 0.3) is 0 Å². The highest BCUT2D eigenvalue weighted by Crippen LogP contribution is 2.41. The van der Waals surface area contributed by atoms with Gasteiger partial charge in [0.05, 0.1) is 0 Å². The molecule has 1 aromatic rings. The van der Waals surface area contributed by atoms with E-state index < -0.39 is 0 Å². The first-order valence-electron chi connectivity index (χ1n) is 6.56. The van der Waals surface area contributed by atoms with Gasteiger partial charge in [-0.25, -0.2) is 0 Å². The van der Waals surface area contributed by atoms with Gasteiger partial charge in [-0.3, -0.25) is 0 Å². The minimum Gasteiger partial charge on any atom is -0.324 e. The Morgan fingerprint density at radius 1 is 1.25 bits per heavy atom. The highest BCUT2D eigenvalue weighted by atomic mass is 14.7. The van der Waals surface area contributed by atoms with Crippen LogP contribution in [0.5, 0.6) is 0 Å². The third-order valence-electron chi connectivity index (χ3n) is 3.84. The second kappa shape index (κ2) is 5.01. The van der Waals surface area contributed by atoms with Gasteiger partial charge in [0.15, 0.2) is 0 Å². The lowest BCUT2D eigenvalue weighted by molar-refractivity contribution is 0.417. The summed E-state index contributed by atoms with van der Waals surface area (Å²) in [7, 11) is 0. The number of hydrogen-bond donors (Lipinski definition) is 1. The van der Waals surface area contributed by atoms with Crippen molar-refractivity contribution in [3.05, 3.63) is 35.4 Å². The highest BCUT2D eigenvalue weighted by Gasteiger charge is 2.32. The van der Waals surface area contributed by atoms with Crippen molar-refractivity contribution in [3.63, 3.8) is 0 Å². The van der Waals surface area contributed by atoms with Crippen molar-refractivity contribution in [1.82, 2.24) is 0 Å². The first-order valence-corrected chi connectivity index (χ1v) is 6.56. The molecule has 2 rings (SSSR count). The van der Waals surface area contributed by atoms with Crippen molar-refractivity contribution in [2.24, 2.45) is 17.6 Å². The maximum Gasteiger partial charge on any atom is 0.0323 e. The van der Waals surface area contributed by atoms with Crippen LogP contribution in [-0.2, 0) is 6.42 Å². The van der Waals surface area contributed by atoms with E-state index in [2.05, 4.69) is 38.1 Å². The van der Waals surface area contributed by atoms with Crippen LogP contribution in [-0.4, -0.2) is 0 Å². The van der Waals surface area contributed by atoms with E-state index in [0.29, 0.717) is 5.92 Å². The molecule has 1 heteroatoms. The number of rotatable bonds is 5. The van der Waals surface area contributed by atoms with Gasteiger partial charge in [0, 0.05) is 6.04 Å². The topological polar surface area (TPSA) is 26.0 Å². The van der Waals surface area contributed by atoms with Crippen molar-refractivity contribution < 1.29 is 0 Å². The van der Waals surface area contributed by atoms with E-state index in [1.54, 1.807) is 0 Å². The molecule has 2 atom stereocenters. The number of benzene rings is 1. The monoisotopic (exact) mass is 217 g/mol. The van der Waals surface area contributed by atoms with Gasteiger partial charge in [0.1, 0.15) is 0 Å². The molecule has 0 radical (unpaired) electrons. The van der Waals surface area contributed by atoms with Gasteiger partial charge >= 0.3 is 0 Å². The van der Waals surface area contributed by atoms with Crippen LogP contribution in [0, 0.1) is 11.8 Å². The quantitative estimate of drug-likeness (QED) is 0.800. The van der Waals surface area contributed by atoms with Crippen molar-refractivity contribution in [2.75, 3.05) is 0 Å². The Kier molecular flexibility index (Phi) is 3.65. The summed E-state index contributed by atoms with van der Waals surface area (Å²) in [5.41, 5.74) is 9.04. The van der Waals surface area contributed by atoms with Gasteiger partial charge in [-0.1, -0.05) is 44.5 Å². The van der Waals surface area contributed by atoms with E-state index in [1.807, 2.05) is 0 Å². The highest BCUT2D eigenvalue weighted by molar-refractivity contribution is 5.25. The Labute approximate surface area is 99.0 Å². The predicted molar refractivity (Wildman–Crippen MR) is 69.3 cm³/mol. The lowest BCUT2D eigenvalue weighted by atomic mass is 9.91. The minimum atomic E-state index is 0.225. The zero-order valence-electron chi connectivity index (χ0n) is 10.4. The fourth-order valence-corrected chi connectivity index (χ4v) is 2.41. The van der Waals surface area contributed by atoms with Gasteiger partial charge in [-0.05, 0) is 42.2 Å². The standard InChI is InChI=1S/C15H23N/c1-3-4-12-5-7-14(8-6-12)15(16)11(2)13-9-10-13/h5-8,11,13,15H,3-4,9-10,16H2,1-2H3. The molecule has 0 aromatic heterocycles. The molecular weight excluding hydrogens is 194 g/mol. The maximum absolute atomic E-state index is 6.30. The zero-order chi connectivity index (χ0) is 11.5. The number of nitrogens with two attached hydrogens (primary N) is 1. The molecule has 0 bridgehead atoms. The molecule has 0 aliphatic heterocycles. The van der Waals surface area contributed by atoms with Gasteiger partial charge in [0.25, 0.3) is 0 Å². The largest absolute Gasteiger partial charge is 0.324 e. The van der Waals surface area contributed by atoms with Gasteiger partial charge < -0.3 is 5.73 Å². The average molecular weight is 217 g/mol. The summed E-state index contributed by atoms with van der Waals surface area (Å²) in [4.78, 5) is 0. The molecule has 1 aliphatic carbocycles. The van der Waals surface area contributed by atoms with Crippen molar-refractivity contribution >= 4 is 0 Å². The normalized spacial score (nSPS) is 19.4. The Morgan fingerprint density at radius 3 is 2.38 bits per heavy atom. The molecule has 0 heterocycles. The fraction of sp³-hybridized carbons (Fsp3) is 0.600. The van der Waals surface area contributed by atoms with Crippen molar-refractivity contribution in [2.45, 2.75) is 45.6 Å². The van der Waals surface area contributed by atoms with Crippen molar-refractivity contribution in [1.29, 1.82) is 0 Å². The summed E-state index contributed by atoms with van der Waals surface area (Å²) < 4.78 is 0. The summed E-state index contributed by atoms with van der Waals surface area (Å²) in [5, 5.41) is 0. The van der Waals surface area contributed by atoms with Crippen LogP contribution in [0.15, 0.2) is 24.3 Å². The van der Waals surface area contributed by atoms with E-state index >= 15 is 0 Å². The van der Waals surface area contributed by atoms with Crippen LogP contribution in [0.1, 0.15) is 50.3 Å². The molecule has 2 N–H and O–H groups in total. The lowest BCUT2D eigenvalue weighted by Crippen LogP contribution is -2.20. The Bertz CT molecular complexity index is 324. The average Bonchev–Trinajstić information content (AvgIpc) is 3.12. The Morgan fingerprint density at radius 2 is 1.88 bits per heavy atom. The third-order valence-corrected chi connectivity index (χ3v) is 3.84. The number of aryl methyl sites for hydroxylation is 1. The van der Waals surface area contributed by atoms with Crippen LogP contribution in [0.3, 0.4) is 0 Å². The van der Waals surface area contributed by atoms with Gasteiger partial charge in [0.2, 0.25) is 0 Å². The van der Waals surface area contributed by atoms with Crippen LogP contribution < -0.4 is 5.73 Å². The van der Waals surface area contributed by atoms with Crippen LogP contribution in [0.4, 0.5) is 0 Å². The molecule has 0 amide bonds.